The van der Waals surface area contributed by atoms with E-state index in [2.05, 4.69) is 14.5 Å². The molecule has 116 valence electrons. The third kappa shape index (κ3) is 2.46. The van der Waals surface area contributed by atoms with Crippen LogP contribution in [0.1, 0.15) is 11.4 Å². The van der Waals surface area contributed by atoms with Gasteiger partial charge in [0, 0.05) is 7.05 Å². The quantitative estimate of drug-likeness (QED) is 0.624. The smallest absolute Gasteiger partial charge is 0.152 e. The molecule has 0 aliphatic carbocycles. The number of aromatic nitrogens is 3. The van der Waals surface area contributed by atoms with Gasteiger partial charge in [0.05, 0.1) is 22.3 Å². The van der Waals surface area contributed by atoms with Gasteiger partial charge in [0.25, 0.3) is 0 Å². The normalized spacial score (nSPS) is 11.5. The van der Waals surface area contributed by atoms with Crippen molar-refractivity contribution in [2.75, 3.05) is 5.73 Å². The first kappa shape index (κ1) is 14.2. The number of pyridine rings is 1. The number of ether oxygens (including phenoxy) is 1. The van der Waals surface area contributed by atoms with Gasteiger partial charge in [-0.05, 0) is 17.0 Å². The van der Waals surface area contributed by atoms with Crippen LogP contribution in [-0.4, -0.2) is 14.5 Å². The van der Waals surface area contributed by atoms with Crippen molar-refractivity contribution in [1.82, 2.24) is 14.5 Å². The first-order chi connectivity index (χ1) is 11.2. The van der Waals surface area contributed by atoms with Gasteiger partial charge >= 0.3 is 0 Å². The number of fused-ring (bicyclic) bond motifs is 3. The highest BCUT2D eigenvalue weighted by Crippen LogP contribution is 2.31. The standard InChI is InChI=1S/C17H16N4OS/c1-21-13(10-22-9-11-5-3-2-4-6-11)20-14-15(21)16-12(7-8-23-16)19-17(14)18/h2-8H,9-10H2,1H3,(H2,18,19). The Hall–Kier alpha value is -2.44. The molecule has 0 aliphatic rings. The summed E-state index contributed by atoms with van der Waals surface area (Å²) in [5.41, 5.74) is 9.90. The molecule has 4 rings (SSSR count). The lowest BCUT2D eigenvalue weighted by molar-refractivity contribution is 0.100. The fraction of sp³-hybridized carbons (Fsp3) is 0.176. The van der Waals surface area contributed by atoms with Crippen molar-refractivity contribution in [1.29, 1.82) is 0 Å². The van der Waals surface area contributed by atoms with Gasteiger partial charge in [-0.1, -0.05) is 30.3 Å². The van der Waals surface area contributed by atoms with Crippen LogP contribution in [0.5, 0.6) is 0 Å². The van der Waals surface area contributed by atoms with E-state index in [4.69, 9.17) is 10.5 Å². The summed E-state index contributed by atoms with van der Waals surface area (Å²) in [6.45, 7) is 0.999. The predicted molar refractivity (Wildman–Crippen MR) is 93.2 cm³/mol. The van der Waals surface area contributed by atoms with Gasteiger partial charge in [0.1, 0.15) is 17.9 Å². The number of rotatable bonds is 4. The number of hydrogen-bond donors (Lipinski definition) is 1. The molecule has 0 bridgehead atoms. The zero-order valence-electron chi connectivity index (χ0n) is 12.7. The van der Waals surface area contributed by atoms with Crippen molar-refractivity contribution in [2.45, 2.75) is 13.2 Å². The molecule has 23 heavy (non-hydrogen) atoms. The highest BCUT2D eigenvalue weighted by atomic mass is 32.1. The fourth-order valence-electron chi connectivity index (χ4n) is 2.70. The summed E-state index contributed by atoms with van der Waals surface area (Å²) in [5.74, 6) is 1.32. The molecule has 4 aromatic rings. The summed E-state index contributed by atoms with van der Waals surface area (Å²) in [6.07, 6.45) is 0. The van der Waals surface area contributed by atoms with E-state index in [-0.39, 0.29) is 0 Å². The van der Waals surface area contributed by atoms with Gasteiger partial charge in [0.15, 0.2) is 5.82 Å². The first-order valence-electron chi connectivity index (χ1n) is 7.33. The van der Waals surface area contributed by atoms with Gasteiger partial charge < -0.3 is 15.0 Å². The Balaban J connectivity index is 1.65. The number of thiophene rings is 1. The van der Waals surface area contributed by atoms with Crippen molar-refractivity contribution in [3.05, 3.63) is 53.2 Å². The predicted octanol–water partition coefficient (Wildman–Crippen LogP) is 3.48. The molecule has 0 saturated heterocycles. The molecule has 0 atom stereocenters. The van der Waals surface area contributed by atoms with Crippen LogP contribution in [0, 0.1) is 0 Å². The van der Waals surface area contributed by atoms with Gasteiger partial charge in [-0.2, -0.15) is 0 Å². The van der Waals surface area contributed by atoms with Crippen molar-refractivity contribution < 1.29 is 4.74 Å². The summed E-state index contributed by atoms with van der Waals surface area (Å²) in [7, 11) is 2.00. The lowest BCUT2D eigenvalue weighted by Crippen LogP contribution is -2.01. The van der Waals surface area contributed by atoms with Crippen LogP contribution in [0.2, 0.25) is 0 Å². The van der Waals surface area contributed by atoms with Crippen LogP contribution < -0.4 is 5.73 Å². The number of imidazole rings is 1. The summed E-state index contributed by atoms with van der Waals surface area (Å²) < 4.78 is 8.97. The van der Waals surface area contributed by atoms with E-state index in [0.29, 0.717) is 19.0 Å². The van der Waals surface area contributed by atoms with Crippen LogP contribution in [0.25, 0.3) is 21.3 Å². The molecule has 1 aromatic carbocycles. The molecule has 0 radical (unpaired) electrons. The summed E-state index contributed by atoms with van der Waals surface area (Å²) in [6, 6.07) is 12.1. The Labute approximate surface area is 137 Å². The topological polar surface area (TPSA) is 66.0 Å². The lowest BCUT2D eigenvalue weighted by Gasteiger charge is -2.05. The highest BCUT2D eigenvalue weighted by molar-refractivity contribution is 7.18. The van der Waals surface area contributed by atoms with Crippen LogP contribution in [0.3, 0.4) is 0 Å². The minimum Gasteiger partial charge on any atom is -0.382 e. The Bertz CT molecular complexity index is 975. The molecular weight excluding hydrogens is 308 g/mol. The van der Waals surface area contributed by atoms with E-state index in [9.17, 15) is 0 Å². The van der Waals surface area contributed by atoms with E-state index in [1.165, 1.54) is 0 Å². The van der Waals surface area contributed by atoms with E-state index in [1.807, 2.05) is 48.8 Å². The summed E-state index contributed by atoms with van der Waals surface area (Å²) in [5, 5.41) is 2.02. The zero-order valence-corrected chi connectivity index (χ0v) is 13.5. The molecule has 0 spiro atoms. The number of hydrogen-bond acceptors (Lipinski definition) is 5. The average Bonchev–Trinajstić information content (AvgIpc) is 3.14. The Morgan fingerprint density at radius 3 is 2.78 bits per heavy atom. The van der Waals surface area contributed by atoms with E-state index >= 15 is 0 Å². The number of anilines is 1. The highest BCUT2D eigenvalue weighted by Gasteiger charge is 2.15. The molecule has 0 aliphatic heterocycles. The third-order valence-corrected chi connectivity index (χ3v) is 4.78. The third-order valence-electron chi connectivity index (χ3n) is 3.87. The molecule has 2 N–H and O–H groups in total. The second-order valence-corrected chi connectivity index (χ2v) is 6.31. The number of nitrogens with zero attached hydrogens (tertiary/aromatic N) is 3. The van der Waals surface area contributed by atoms with Gasteiger partial charge in [-0.25, -0.2) is 9.97 Å². The van der Waals surface area contributed by atoms with Gasteiger partial charge in [-0.3, -0.25) is 0 Å². The maximum absolute atomic E-state index is 6.06. The molecule has 0 saturated carbocycles. The summed E-state index contributed by atoms with van der Waals surface area (Å²) in [4.78, 5) is 9.05. The van der Waals surface area contributed by atoms with Crippen LogP contribution >= 0.6 is 11.3 Å². The number of aryl methyl sites for hydroxylation is 1. The minimum absolute atomic E-state index is 0.437. The van der Waals surface area contributed by atoms with Crippen LogP contribution in [-0.2, 0) is 25.0 Å². The Morgan fingerprint density at radius 1 is 1.13 bits per heavy atom. The Morgan fingerprint density at radius 2 is 1.96 bits per heavy atom. The lowest BCUT2D eigenvalue weighted by atomic mass is 10.2. The second kappa shape index (κ2) is 5.64. The van der Waals surface area contributed by atoms with Crippen LogP contribution in [0.15, 0.2) is 41.8 Å². The van der Waals surface area contributed by atoms with Crippen molar-refractivity contribution >= 4 is 38.4 Å². The molecule has 3 aromatic heterocycles. The van der Waals surface area contributed by atoms with Gasteiger partial charge in [-0.15, -0.1) is 11.3 Å². The van der Waals surface area contributed by atoms with Crippen LogP contribution in [0.4, 0.5) is 5.82 Å². The van der Waals surface area contributed by atoms with E-state index in [1.54, 1.807) is 11.3 Å². The Kier molecular flexibility index (Phi) is 3.48. The summed E-state index contributed by atoms with van der Waals surface area (Å²) >= 11 is 1.65. The van der Waals surface area contributed by atoms with Gasteiger partial charge in [0.2, 0.25) is 0 Å². The average molecular weight is 324 g/mol. The molecule has 0 unspecified atom stereocenters. The monoisotopic (exact) mass is 324 g/mol. The van der Waals surface area contributed by atoms with E-state index in [0.717, 1.165) is 32.6 Å². The van der Waals surface area contributed by atoms with Crippen molar-refractivity contribution in [2.24, 2.45) is 7.05 Å². The zero-order chi connectivity index (χ0) is 15.8. The number of benzene rings is 1. The molecule has 6 heteroatoms. The van der Waals surface area contributed by atoms with Crippen molar-refractivity contribution in [3.63, 3.8) is 0 Å². The second-order valence-electron chi connectivity index (χ2n) is 5.39. The maximum atomic E-state index is 6.06. The molecule has 3 heterocycles. The fourth-order valence-corrected chi connectivity index (χ4v) is 3.61. The molecule has 5 nitrogen and oxygen atoms in total. The minimum atomic E-state index is 0.437. The van der Waals surface area contributed by atoms with Crippen molar-refractivity contribution in [3.8, 4) is 0 Å². The maximum Gasteiger partial charge on any atom is 0.152 e. The largest absolute Gasteiger partial charge is 0.382 e. The van der Waals surface area contributed by atoms with E-state index < -0.39 is 0 Å². The molecule has 0 amide bonds. The first-order valence-corrected chi connectivity index (χ1v) is 8.21. The number of nitrogen functional groups attached to an aromatic ring is 1. The molecular formula is C17H16N4OS. The number of nitrogens with two attached hydrogens (primary N) is 1. The SMILES string of the molecule is Cn1c(COCc2ccccc2)nc2c(N)nc3ccsc3c21. The molecule has 0 fully saturated rings.